The maximum absolute atomic E-state index is 13.6. The van der Waals surface area contributed by atoms with Gasteiger partial charge in [0, 0.05) is 31.1 Å². The highest BCUT2D eigenvalue weighted by molar-refractivity contribution is 7.99. The normalized spacial score (nSPS) is 18.7. The number of amides is 1. The molecule has 0 aliphatic carbocycles. The van der Waals surface area contributed by atoms with E-state index in [0.29, 0.717) is 0 Å². The summed E-state index contributed by atoms with van der Waals surface area (Å²) in [7, 11) is 0. The van der Waals surface area contributed by atoms with Gasteiger partial charge in [-0.15, -0.1) is 0 Å². The number of nitrogens with zero attached hydrogens (tertiary/aromatic N) is 1. The molecule has 1 aliphatic heterocycles. The minimum Gasteiger partial charge on any atom is -0.386 e. The highest BCUT2D eigenvalue weighted by Gasteiger charge is 2.24. The van der Waals surface area contributed by atoms with E-state index in [1.54, 1.807) is 6.92 Å². The van der Waals surface area contributed by atoms with Crippen molar-refractivity contribution in [1.29, 1.82) is 0 Å². The third-order valence-corrected chi connectivity index (χ3v) is 4.72. The smallest absolute Gasteiger partial charge is 0.237 e. The van der Waals surface area contributed by atoms with Crippen molar-refractivity contribution in [2.75, 3.05) is 31.1 Å². The van der Waals surface area contributed by atoms with Crippen LogP contribution in [0.15, 0.2) is 18.2 Å². The maximum Gasteiger partial charge on any atom is 0.237 e. The van der Waals surface area contributed by atoms with Gasteiger partial charge in [-0.1, -0.05) is 6.07 Å². The molecule has 1 amide bonds. The Labute approximate surface area is 132 Å². The van der Waals surface area contributed by atoms with E-state index in [4.69, 9.17) is 0 Å². The van der Waals surface area contributed by atoms with Crippen LogP contribution in [0.25, 0.3) is 0 Å². The summed E-state index contributed by atoms with van der Waals surface area (Å²) in [6.07, 6.45) is -1.41. The molecule has 4 nitrogen and oxygen atoms in total. The van der Waals surface area contributed by atoms with Gasteiger partial charge in [-0.25, -0.2) is 8.78 Å². The quantitative estimate of drug-likeness (QED) is 0.860. The van der Waals surface area contributed by atoms with Crippen LogP contribution < -0.4 is 5.32 Å². The Hall–Kier alpha value is -1.18. The van der Waals surface area contributed by atoms with E-state index in [2.05, 4.69) is 10.2 Å². The predicted octanol–water partition coefficient (Wildman–Crippen LogP) is 1.55. The van der Waals surface area contributed by atoms with Crippen LogP contribution in [0, 0.1) is 11.6 Å². The Morgan fingerprint density at radius 2 is 1.95 bits per heavy atom. The van der Waals surface area contributed by atoms with Gasteiger partial charge in [0.05, 0.1) is 11.6 Å². The summed E-state index contributed by atoms with van der Waals surface area (Å²) in [4.78, 5) is 14.1. The SMILES string of the molecule is CC(C(=O)NCC(O)c1c(F)cccc1F)N1CCSCC1. The van der Waals surface area contributed by atoms with Gasteiger partial charge in [0.2, 0.25) is 5.91 Å². The molecule has 1 aliphatic rings. The maximum atomic E-state index is 13.6. The lowest BCUT2D eigenvalue weighted by molar-refractivity contribution is -0.126. The fraction of sp³-hybridized carbons (Fsp3) is 0.533. The van der Waals surface area contributed by atoms with Crippen LogP contribution in [0.4, 0.5) is 8.78 Å². The third-order valence-electron chi connectivity index (χ3n) is 3.78. The van der Waals surface area contributed by atoms with Crippen molar-refractivity contribution in [3.8, 4) is 0 Å². The molecule has 0 radical (unpaired) electrons. The monoisotopic (exact) mass is 330 g/mol. The van der Waals surface area contributed by atoms with Gasteiger partial charge in [0.25, 0.3) is 0 Å². The highest BCUT2D eigenvalue weighted by atomic mass is 32.2. The summed E-state index contributed by atoms with van der Waals surface area (Å²) in [5.41, 5.74) is -0.412. The van der Waals surface area contributed by atoms with Crippen LogP contribution >= 0.6 is 11.8 Å². The number of aliphatic hydroxyl groups excluding tert-OH is 1. The Morgan fingerprint density at radius 1 is 1.36 bits per heavy atom. The van der Waals surface area contributed by atoms with Crippen LogP contribution in [0.2, 0.25) is 0 Å². The first-order chi connectivity index (χ1) is 10.5. The number of halogens is 2. The van der Waals surface area contributed by atoms with Crippen molar-refractivity contribution in [2.24, 2.45) is 0 Å². The van der Waals surface area contributed by atoms with Gasteiger partial charge in [-0.05, 0) is 19.1 Å². The highest BCUT2D eigenvalue weighted by Crippen LogP contribution is 2.20. The summed E-state index contributed by atoms with van der Waals surface area (Å²) in [5, 5.41) is 12.5. The van der Waals surface area contributed by atoms with Crippen LogP contribution in [0.1, 0.15) is 18.6 Å². The zero-order valence-electron chi connectivity index (χ0n) is 12.4. The molecule has 2 rings (SSSR count). The topological polar surface area (TPSA) is 52.6 Å². The molecule has 1 fully saturated rings. The van der Waals surface area contributed by atoms with Gasteiger partial charge >= 0.3 is 0 Å². The lowest BCUT2D eigenvalue weighted by Gasteiger charge is -2.31. The van der Waals surface area contributed by atoms with Gasteiger partial charge in [0.15, 0.2) is 0 Å². The molecule has 122 valence electrons. The van der Waals surface area contributed by atoms with Crippen molar-refractivity contribution in [3.05, 3.63) is 35.4 Å². The van der Waals surface area contributed by atoms with E-state index >= 15 is 0 Å². The Kier molecular flexibility index (Phi) is 6.16. The molecule has 0 aromatic heterocycles. The van der Waals surface area contributed by atoms with Gasteiger partial charge < -0.3 is 10.4 Å². The van der Waals surface area contributed by atoms with E-state index < -0.39 is 23.3 Å². The van der Waals surface area contributed by atoms with Crippen molar-refractivity contribution >= 4 is 17.7 Å². The molecule has 22 heavy (non-hydrogen) atoms. The Balaban J connectivity index is 1.90. The summed E-state index contributed by atoms with van der Waals surface area (Å²) in [6, 6.07) is 3.07. The number of thioether (sulfide) groups is 1. The van der Waals surface area contributed by atoms with Gasteiger partial charge in [-0.3, -0.25) is 9.69 Å². The molecule has 7 heteroatoms. The fourth-order valence-corrected chi connectivity index (χ4v) is 3.34. The van der Waals surface area contributed by atoms with Crippen LogP contribution in [0.3, 0.4) is 0 Å². The first-order valence-electron chi connectivity index (χ1n) is 7.22. The second kappa shape index (κ2) is 7.89. The molecular weight excluding hydrogens is 310 g/mol. The van der Waals surface area contributed by atoms with E-state index in [-0.39, 0.29) is 18.5 Å². The van der Waals surface area contributed by atoms with Crippen LogP contribution in [0.5, 0.6) is 0 Å². The summed E-state index contributed by atoms with van der Waals surface area (Å²) < 4.78 is 27.1. The molecule has 1 aromatic carbocycles. The van der Waals surface area contributed by atoms with E-state index in [1.807, 2.05) is 11.8 Å². The molecule has 1 saturated heterocycles. The number of benzene rings is 1. The van der Waals surface area contributed by atoms with E-state index in [0.717, 1.165) is 36.7 Å². The minimum atomic E-state index is -1.41. The molecule has 0 spiro atoms. The average molecular weight is 330 g/mol. The molecule has 2 N–H and O–H groups in total. The summed E-state index contributed by atoms with van der Waals surface area (Å²) in [5.74, 6) is 0.0925. The lowest BCUT2D eigenvalue weighted by atomic mass is 10.1. The number of carbonyl (C=O) groups is 1. The Morgan fingerprint density at radius 3 is 2.55 bits per heavy atom. The van der Waals surface area contributed by atoms with Gasteiger partial charge in [0.1, 0.15) is 17.7 Å². The van der Waals surface area contributed by atoms with Crippen molar-refractivity contribution in [2.45, 2.75) is 19.1 Å². The predicted molar refractivity (Wildman–Crippen MR) is 82.7 cm³/mol. The number of carbonyl (C=O) groups excluding carboxylic acids is 1. The summed E-state index contributed by atoms with van der Waals surface area (Å²) in [6.45, 7) is 3.25. The fourth-order valence-electron chi connectivity index (χ4n) is 2.41. The largest absolute Gasteiger partial charge is 0.386 e. The number of rotatable bonds is 5. The van der Waals surface area contributed by atoms with Crippen LogP contribution in [-0.2, 0) is 4.79 Å². The number of nitrogens with one attached hydrogen (secondary N) is 1. The molecule has 1 aromatic rings. The number of hydrogen-bond donors (Lipinski definition) is 2. The average Bonchev–Trinajstić information content (AvgIpc) is 2.52. The van der Waals surface area contributed by atoms with E-state index in [9.17, 15) is 18.7 Å². The zero-order chi connectivity index (χ0) is 16.1. The van der Waals surface area contributed by atoms with Crippen molar-refractivity contribution < 1.29 is 18.7 Å². The molecule has 2 unspecified atom stereocenters. The Bertz CT molecular complexity index is 504. The molecule has 2 atom stereocenters. The molecular formula is C15H20F2N2O2S. The second-order valence-corrected chi connectivity index (χ2v) is 6.45. The minimum absolute atomic E-state index is 0.219. The van der Waals surface area contributed by atoms with Crippen molar-refractivity contribution in [3.63, 3.8) is 0 Å². The zero-order valence-corrected chi connectivity index (χ0v) is 13.2. The second-order valence-electron chi connectivity index (χ2n) is 5.22. The number of hydrogen-bond acceptors (Lipinski definition) is 4. The van der Waals surface area contributed by atoms with Crippen molar-refractivity contribution in [1.82, 2.24) is 10.2 Å². The first kappa shape index (κ1) is 17.2. The van der Waals surface area contributed by atoms with E-state index in [1.165, 1.54) is 6.07 Å². The third kappa shape index (κ3) is 4.18. The molecule has 0 bridgehead atoms. The number of aliphatic hydroxyl groups is 1. The molecule has 0 saturated carbocycles. The molecule has 1 heterocycles. The lowest BCUT2D eigenvalue weighted by Crippen LogP contribution is -2.49. The van der Waals surface area contributed by atoms with Crippen LogP contribution in [-0.4, -0.2) is 53.1 Å². The summed E-state index contributed by atoms with van der Waals surface area (Å²) >= 11 is 1.85. The standard InChI is InChI=1S/C15H20F2N2O2S/c1-10(19-5-7-22-8-6-19)15(21)18-9-13(20)14-11(16)3-2-4-12(14)17/h2-4,10,13,20H,5-9H2,1H3,(H,18,21). The first-order valence-corrected chi connectivity index (χ1v) is 8.37. The van der Waals surface area contributed by atoms with Gasteiger partial charge in [-0.2, -0.15) is 11.8 Å².